The van der Waals surface area contributed by atoms with Gasteiger partial charge in [0.2, 0.25) is 15.9 Å². The van der Waals surface area contributed by atoms with E-state index in [4.69, 9.17) is 5.73 Å². The fraction of sp³-hybridized carbons (Fsp3) is 0.222. The lowest BCUT2D eigenvalue weighted by molar-refractivity contribution is -0.118. The summed E-state index contributed by atoms with van der Waals surface area (Å²) in [5.74, 6) is -1.48. The normalized spacial score (nSPS) is 11.8. The third-order valence-corrected chi connectivity index (χ3v) is 4.42. The van der Waals surface area contributed by atoms with E-state index in [0.29, 0.717) is 0 Å². The number of carbonyl (C=O) groups excluding carboxylic acids is 1. The Morgan fingerprint density at radius 2 is 2.12 bits per heavy atom. The minimum Gasteiger partial charge on any atom is -0.369 e. The first-order chi connectivity index (χ1) is 7.75. The lowest BCUT2D eigenvalue weighted by Gasteiger charge is -2.15. The van der Waals surface area contributed by atoms with Crippen LogP contribution < -0.4 is 5.73 Å². The number of benzene rings is 1. The fourth-order valence-electron chi connectivity index (χ4n) is 1.12. The Kier molecular flexibility index (Phi) is 4.23. The van der Waals surface area contributed by atoms with E-state index in [1.54, 1.807) is 0 Å². The van der Waals surface area contributed by atoms with Crippen LogP contribution in [0.1, 0.15) is 0 Å². The minimum absolute atomic E-state index is 0.161. The zero-order valence-corrected chi connectivity index (χ0v) is 11.3. The van der Waals surface area contributed by atoms with Gasteiger partial charge in [-0.15, -0.1) is 0 Å². The molecule has 0 fully saturated rings. The molecule has 0 saturated heterocycles. The summed E-state index contributed by atoms with van der Waals surface area (Å²) in [6.07, 6.45) is 0. The summed E-state index contributed by atoms with van der Waals surface area (Å²) in [4.78, 5) is 10.4. The van der Waals surface area contributed by atoms with E-state index in [0.717, 1.165) is 10.4 Å². The van der Waals surface area contributed by atoms with E-state index in [9.17, 15) is 17.6 Å². The Hall–Kier alpha value is -0.990. The second-order valence-electron chi connectivity index (χ2n) is 3.30. The van der Waals surface area contributed by atoms with Crippen molar-refractivity contribution in [2.45, 2.75) is 4.90 Å². The van der Waals surface area contributed by atoms with Crippen LogP contribution in [-0.4, -0.2) is 32.2 Å². The molecule has 17 heavy (non-hydrogen) atoms. The largest absolute Gasteiger partial charge is 0.369 e. The van der Waals surface area contributed by atoms with Gasteiger partial charge in [0.05, 0.1) is 15.9 Å². The molecule has 0 unspecified atom stereocenters. The lowest BCUT2D eigenvalue weighted by atomic mass is 10.3. The van der Waals surface area contributed by atoms with Crippen LogP contribution in [0.25, 0.3) is 0 Å². The van der Waals surface area contributed by atoms with Crippen molar-refractivity contribution in [1.82, 2.24) is 4.31 Å². The Bertz CT molecular complexity index is 547. The van der Waals surface area contributed by atoms with Gasteiger partial charge < -0.3 is 5.73 Å². The highest BCUT2D eigenvalue weighted by atomic mass is 79.9. The molecule has 0 aliphatic carbocycles. The van der Waals surface area contributed by atoms with E-state index < -0.39 is 28.3 Å². The van der Waals surface area contributed by atoms with Crippen molar-refractivity contribution in [2.75, 3.05) is 13.6 Å². The molecule has 8 heteroatoms. The average molecular weight is 325 g/mol. The zero-order valence-electron chi connectivity index (χ0n) is 8.85. The van der Waals surface area contributed by atoms with Gasteiger partial charge in [-0.3, -0.25) is 4.79 Å². The Labute approximate surface area is 107 Å². The molecule has 0 heterocycles. The first kappa shape index (κ1) is 14.1. The number of carbonyl (C=O) groups is 1. The van der Waals surface area contributed by atoms with Crippen molar-refractivity contribution in [3.63, 3.8) is 0 Å². The quantitative estimate of drug-likeness (QED) is 0.885. The molecule has 0 spiro atoms. The van der Waals surface area contributed by atoms with Gasteiger partial charge in [-0.1, -0.05) is 0 Å². The van der Waals surface area contributed by atoms with Gasteiger partial charge in [-0.2, -0.15) is 4.31 Å². The number of sulfonamides is 1. The molecular formula is C9H10BrFN2O3S. The van der Waals surface area contributed by atoms with Gasteiger partial charge >= 0.3 is 0 Å². The van der Waals surface area contributed by atoms with E-state index in [1.807, 2.05) is 0 Å². The maximum atomic E-state index is 13.2. The van der Waals surface area contributed by atoms with Crippen molar-refractivity contribution in [1.29, 1.82) is 0 Å². The number of hydrogen-bond acceptors (Lipinski definition) is 3. The van der Waals surface area contributed by atoms with Gasteiger partial charge in [0, 0.05) is 7.05 Å². The van der Waals surface area contributed by atoms with Gasteiger partial charge in [0.15, 0.2) is 0 Å². The minimum atomic E-state index is -3.90. The third kappa shape index (κ3) is 3.24. The van der Waals surface area contributed by atoms with Crippen LogP contribution >= 0.6 is 15.9 Å². The number of nitrogens with zero attached hydrogens (tertiary/aromatic N) is 1. The summed E-state index contributed by atoms with van der Waals surface area (Å²) in [6.45, 7) is -0.458. The Balaban J connectivity index is 3.13. The molecule has 2 N–H and O–H groups in total. The molecule has 0 bridgehead atoms. The molecule has 1 amide bonds. The highest BCUT2D eigenvalue weighted by Gasteiger charge is 2.22. The molecule has 1 rings (SSSR count). The van der Waals surface area contributed by atoms with Crippen LogP contribution in [0.15, 0.2) is 27.6 Å². The van der Waals surface area contributed by atoms with E-state index in [1.165, 1.54) is 19.2 Å². The zero-order chi connectivity index (χ0) is 13.2. The fourth-order valence-corrected chi connectivity index (χ4v) is 2.52. The van der Waals surface area contributed by atoms with Gasteiger partial charge in [0.1, 0.15) is 5.82 Å². The number of nitrogens with two attached hydrogens (primary N) is 1. The first-order valence-corrected chi connectivity index (χ1v) is 6.68. The molecule has 1 aromatic carbocycles. The van der Waals surface area contributed by atoms with Crippen LogP contribution in [0, 0.1) is 5.82 Å². The van der Waals surface area contributed by atoms with Crippen LogP contribution in [-0.2, 0) is 14.8 Å². The SMILES string of the molecule is CN(CC(N)=O)S(=O)(=O)c1ccc(Br)c(F)c1. The second-order valence-corrected chi connectivity index (χ2v) is 6.20. The van der Waals surface area contributed by atoms with Crippen molar-refractivity contribution in [3.8, 4) is 0 Å². The number of amides is 1. The van der Waals surface area contributed by atoms with Crippen molar-refractivity contribution in [3.05, 3.63) is 28.5 Å². The highest BCUT2D eigenvalue weighted by Crippen LogP contribution is 2.21. The van der Waals surface area contributed by atoms with Crippen LogP contribution in [0.5, 0.6) is 0 Å². The molecule has 0 aliphatic rings. The Morgan fingerprint density at radius 1 is 1.53 bits per heavy atom. The molecule has 94 valence electrons. The number of primary amides is 1. The average Bonchev–Trinajstić information content (AvgIpc) is 2.20. The van der Waals surface area contributed by atoms with Crippen molar-refractivity contribution >= 4 is 31.9 Å². The Morgan fingerprint density at radius 3 is 2.59 bits per heavy atom. The number of halogens is 2. The monoisotopic (exact) mass is 324 g/mol. The summed E-state index contributed by atoms with van der Waals surface area (Å²) in [7, 11) is -2.71. The molecule has 0 saturated carbocycles. The smallest absolute Gasteiger partial charge is 0.243 e. The third-order valence-electron chi connectivity index (χ3n) is 1.98. The first-order valence-electron chi connectivity index (χ1n) is 4.45. The van der Waals surface area contributed by atoms with Crippen LogP contribution in [0.4, 0.5) is 4.39 Å². The molecule has 0 radical (unpaired) electrons. The molecular weight excluding hydrogens is 315 g/mol. The summed E-state index contributed by atoms with van der Waals surface area (Å²) < 4.78 is 37.9. The molecule has 0 aromatic heterocycles. The predicted molar refractivity (Wildman–Crippen MR) is 63.1 cm³/mol. The van der Waals surface area contributed by atoms with E-state index in [2.05, 4.69) is 15.9 Å². The molecule has 0 atom stereocenters. The summed E-state index contributed by atoms with van der Waals surface area (Å²) in [5.41, 5.74) is 4.90. The standard InChI is InChI=1S/C9H10BrFN2O3S/c1-13(5-9(12)14)17(15,16)6-2-3-7(10)8(11)4-6/h2-4H,5H2,1H3,(H2,12,14). The van der Waals surface area contributed by atoms with Gasteiger partial charge in [-0.05, 0) is 34.1 Å². The predicted octanol–water partition coefficient (Wildman–Crippen LogP) is 0.694. The number of rotatable bonds is 4. The summed E-state index contributed by atoms with van der Waals surface area (Å²) in [6, 6.07) is 3.39. The van der Waals surface area contributed by atoms with Gasteiger partial charge in [0.25, 0.3) is 0 Å². The molecule has 0 aliphatic heterocycles. The number of hydrogen-bond donors (Lipinski definition) is 1. The molecule has 5 nitrogen and oxygen atoms in total. The van der Waals surface area contributed by atoms with Crippen LogP contribution in [0.3, 0.4) is 0 Å². The number of likely N-dealkylation sites (N-methyl/N-ethyl adjacent to an activating group) is 1. The summed E-state index contributed by atoms with van der Waals surface area (Å²) >= 11 is 2.92. The highest BCUT2D eigenvalue weighted by molar-refractivity contribution is 9.10. The second kappa shape index (κ2) is 5.11. The van der Waals surface area contributed by atoms with E-state index >= 15 is 0 Å². The molecule has 1 aromatic rings. The van der Waals surface area contributed by atoms with Crippen LogP contribution in [0.2, 0.25) is 0 Å². The van der Waals surface area contributed by atoms with Gasteiger partial charge in [-0.25, -0.2) is 12.8 Å². The van der Waals surface area contributed by atoms with Crippen molar-refractivity contribution < 1.29 is 17.6 Å². The lowest BCUT2D eigenvalue weighted by Crippen LogP contribution is -2.35. The maximum absolute atomic E-state index is 13.2. The summed E-state index contributed by atoms with van der Waals surface area (Å²) in [5, 5.41) is 0. The topological polar surface area (TPSA) is 80.5 Å². The van der Waals surface area contributed by atoms with Crippen molar-refractivity contribution in [2.24, 2.45) is 5.73 Å². The maximum Gasteiger partial charge on any atom is 0.243 e. The van der Waals surface area contributed by atoms with E-state index in [-0.39, 0.29) is 9.37 Å².